The lowest BCUT2D eigenvalue weighted by molar-refractivity contribution is -0.0694. The van der Waals surface area contributed by atoms with Crippen LogP contribution in [0.3, 0.4) is 0 Å². The van der Waals surface area contributed by atoms with Crippen molar-refractivity contribution in [2.75, 3.05) is 23.8 Å². The summed E-state index contributed by atoms with van der Waals surface area (Å²) in [6, 6.07) is 7.17. The van der Waals surface area contributed by atoms with Crippen molar-refractivity contribution < 1.29 is 17.9 Å². The minimum Gasteiger partial charge on any atom is -0.462 e. The fraction of sp³-hybridized carbons (Fsp3) is 0.158. The van der Waals surface area contributed by atoms with Crippen LogP contribution in [0.2, 0.25) is 0 Å². The van der Waals surface area contributed by atoms with Crippen LogP contribution in [0.25, 0.3) is 17.0 Å². The van der Waals surface area contributed by atoms with Gasteiger partial charge in [0.1, 0.15) is 28.8 Å². The standard InChI is InChI=1S/C19H15ClF3N5O/c1-9-11-5-3-4-6-12(11)24-7-8-29-18-27-15-10(2)25-16(20)14(19(21,22)23)13(15)17(26-9)28-18/h3-6,24-25H,1-2,7-8H2,(H,26,27,28). The smallest absolute Gasteiger partial charge is 0.420 e. The molecule has 0 spiro atoms. The van der Waals surface area contributed by atoms with Crippen molar-refractivity contribution in [1.29, 1.82) is 0 Å². The molecule has 2 aliphatic heterocycles. The largest absolute Gasteiger partial charge is 0.462 e. The Morgan fingerprint density at radius 1 is 1.07 bits per heavy atom. The molecule has 3 N–H and O–H groups in total. The normalized spacial score (nSPS) is 16.4. The van der Waals surface area contributed by atoms with Gasteiger partial charge in [-0.2, -0.15) is 23.1 Å². The maximum Gasteiger partial charge on any atom is 0.420 e. The highest BCUT2D eigenvalue weighted by Crippen LogP contribution is 2.45. The fourth-order valence-corrected chi connectivity index (χ4v) is 3.43. The van der Waals surface area contributed by atoms with Crippen LogP contribution in [0.1, 0.15) is 16.8 Å². The third-order valence-corrected chi connectivity index (χ3v) is 4.64. The second-order valence-corrected chi connectivity index (χ2v) is 6.67. The number of nitrogens with one attached hydrogen (secondary N) is 3. The molecular weight excluding hydrogens is 407 g/mol. The second-order valence-electron chi connectivity index (χ2n) is 6.29. The van der Waals surface area contributed by atoms with E-state index in [1.165, 1.54) is 0 Å². The number of benzene rings is 1. The number of anilines is 2. The maximum absolute atomic E-state index is 13.8. The van der Waals surface area contributed by atoms with Crippen molar-refractivity contribution in [1.82, 2.24) is 15.3 Å². The molecule has 0 amide bonds. The number of alkyl halides is 3. The number of halogens is 4. The number of ether oxygens (including phenoxy) is 1. The lowest BCUT2D eigenvalue weighted by atomic mass is 9.99. The number of para-hydroxylation sites is 1. The minimum atomic E-state index is -4.75. The number of allylic oxidation sites excluding steroid dienone is 1. The van der Waals surface area contributed by atoms with Gasteiger partial charge in [0.2, 0.25) is 0 Å². The Bertz CT molecular complexity index is 1060. The predicted molar refractivity (Wildman–Crippen MR) is 106 cm³/mol. The summed E-state index contributed by atoms with van der Waals surface area (Å²) in [6.45, 7) is 8.32. The van der Waals surface area contributed by atoms with E-state index >= 15 is 0 Å². The van der Waals surface area contributed by atoms with Crippen LogP contribution in [-0.4, -0.2) is 29.3 Å². The number of aromatic nitrogens is 2. The fourth-order valence-electron chi connectivity index (χ4n) is 3.12. The van der Waals surface area contributed by atoms with Crippen molar-refractivity contribution >= 4 is 40.1 Å². The molecule has 0 fully saturated rings. The Balaban J connectivity index is 1.93. The van der Waals surface area contributed by atoms with Crippen LogP contribution in [0, 0.1) is 0 Å². The quantitative estimate of drug-likeness (QED) is 0.547. The van der Waals surface area contributed by atoms with Gasteiger partial charge in [0.05, 0.1) is 11.3 Å². The molecule has 0 saturated carbocycles. The van der Waals surface area contributed by atoms with E-state index in [2.05, 4.69) is 39.1 Å². The molecule has 1 aromatic carbocycles. The highest BCUT2D eigenvalue weighted by atomic mass is 35.5. The van der Waals surface area contributed by atoms with Crippen LogP contribution in [0.15, 0.2) is 42.6 Å². The lowest BCUT2D eigenvalue weighted by Gasteiger charge is -2.26. The highest BCUT2D eigenvalue weighted by Gasteiger charge is 2.43. The number of rotatable bonds is 0. The molecule has 2 aliphatic rings. The van der Waals surface area contributed by atoms with Gasteiger partial charge in [0.15, 0.2) is 0 Å². The van der Waals surface area contributed by atoms with Crippen molar-refractivity contribution in [3.05, 3.63) is 59.4 Å². The molecule has 4 rings (SSSR count). The SMILES string of the molecule is C=C1Nc2nc(nc3c2C(C(F)(F)F)=C(Cl)NC3=C)OCCNc2ccccc21. The Morgan fingerprint density at radius 3 is 2.59 bits per heavy atom. The topological polar surface area (TPSA) is 71.1 Å². The highest BCUT2D eigenvalue weighted by molar-refractivity contribution is 6.34. The van der Waals surface area contributed by atoms with E-state index in [1.807, 2.05) is 12.1 Å². The average Bonchev–Trinajstić information content (AvgIpc) is 2.66. The van der Waals surface area contributed by atoms with Gasteiger partial charge < -0.3 is 20.7 Å². The first-order chi connectivity index (χ1) is 13.8. The molecule has 29 heavy (non-hydrogen) atoms. The van der Waals surface area contributed by atoms with Gasteiger partial charge in [0, 0.05) is 23.5 Å². The summed E-state index contributed by atoms with van der Waals surface area (Å²) in [7, 11) is 0. The molecule has 1 aromatic heterocycles. The zero-order valence-electron chi connectivity index (χ0n) is 15.0. The van der Waals surface area contributed by atoms with Crippen LogP contribution < -0.4 is 20.7 Å². The molecule has 0 radical (unpaired) electrons. The van der Waals surface area contributed by atoms with Crippen LogP contribution in [-0.2, 0) is 0 Å². The molecule has 2 bridgehead atoms. The van der Waals surface area contributed by atoms with Gasteiger partial charge in [0.25, 0.3) is 0 Å². The first-order valence-electron chi connectivity index (χ1n) is 8.53. The van der Waals surface area contributed by atoms with Gasteiger partial charge in [-0.15, -0.1) is 0 Å². The Kier molecular flexibility index (Phi) is 4.62. The molecule has 6 nitrogen and oxygen atoms in total. The molecule has 0 aliphatic carbocycles. The van der Waals surface area contributed by atoms with E-state index in [0.29, 0.717) is 17.8 Å². The summed E-state index contributed by atoms with van der Waals surface area (Å²) in [5.74, 6) is -0.125. The molecule has 0 unspecified atom stereocenters. The summed E-state index contributed by atoms with van der Waals surface area (Å²) < 4.78 is 46.9. The Hall–Kier alpha value is -3.20. The number of hydrogen-bond acceptors (Lipinski definition) is 6. The van der Waals surface area contributed by atoms with Crippen LogP contribution in [0.5, 0.6) is 6.01 Å². The first-order valence-corrected chi connectivity index (χ1v) is 8.91. The molecule has 3 heterocycles. The van der Waals surface area contributed by atoms with Crippen molar-refractivity contribution in [2.24, 2.45) is 0 Å². The summed E-state index contributed by atoms with van der Waals surface area (Å²) >= 11 is 5.89. The van der Waals surface area contributed by atoms with Crippen molar-refractivity contribution in [2.45, 2.75) is 6.18 Å². The monoisotopic (exact) mass is 421 g/mol. The summed E-state index contributed by atoms with van der Waals surface area (Å²) in [4.78, 5) is 8.27. The predicted octanol–water partition coefficient (Wildman–Crippen LogP) is 4.41. The summed E-state index contributed by atoms with van der Waals surface area (Å²) in [6.07, 6.45) is -4.75. The van der Waals surface area contributed by atoms with Gasteiger partial charge in [-0.3, -0.25) is 0 Å². The molecular formula is C19H15ClF3N5O. The van der Waals surface area contributed by atoms with Gasteiger partial charge in [-0.25, -0.2) is 0 Å². The van der Waals surface area contributed by atoms with Crippen molar-refractivity contribution in [3.63, 3.8) is 0 Å². The zero-order chi connectivity index (χ0) is 20.8. The molecule has 0 atom stereocenters. The molecule has 150 valence electrons. The molecule has 2 aromatic rings. The number of nitrogens with zero attached hydrogens (tertiary/aromatic N) is 2. The Labute approximate surface area is 169 Å². The zero-order valence-corrected chi connectivity index (χ0v) is 15.7. The van der Waals surface area contributed by atoms with E-state index in [9.17, 15) is 13.2 Å². The van der Waals surface area contributed by atoms with E-state index in [-0.39, 0.29) is 35.4 Å². The minimum absolute atomic E-state index is 0.0532. The lowest BCUT2D eigenvalue weighted by Crippen LogP contribution is -2.26. The summed E-state index contributed by atoms with van der Waals surface area (Å²) in [5, 5.41) is 7.89. The van der Waals surface area contributed by atoms with Crippen LogP contribution in [0.4, 0.5) is 24.7 Å². The Morgan fingerprint density at radius 2 is 1.83 bits per heavy atom. The van der Waals surface area contributed by atoms with Crippen LogP contribution >= 0.6 is 11.6 Å². The van der Waals surface area contributed by atoms with E-state index in [1.54, 1.807) is 12.1 Å². The number of fused-ring (bicyclic) bond motifs is 5. The van der Waals surface area contributed by atoms with E-state index in [4.69, 9.17) is 16.3 Å². The van der Waals surface area contributed by atoms with Gasteiger partial charge in [-0.1, -0.05) is 43.0 Å². The van der Waals surface area contributed by atoms with Gasteiger partial charge in [-0.05, 0) is 6.07 Å². The average molecular weight is 422 g/mol. The summed E-state index contributed by atoms with van der Waals surface area (Å²) in [5.41, 5.74) is 0.424. The third-order valence-electron chi connectivity index (χ3n) is 4.36. The van der Waals surface area contributed by atoms with E-state index < -0.39 is 16.9 Å². The maximum atomic E-state index is 13.8. The van der Waals surface area contributed by atoms with E-state index in [0.717, 1.165) is 5.69 Å². The molecule has 10 heteroatoms. The third kappa shape index (κ3) is 3.49. The first kappa shape index (κ1) is 19.1. The van der Waals surface area contributed by atoms with Gasteiger partial charge >= 0.3 is 12.2 Å². The molecule has 0 saturated heterocycles. The number of hydrogen-bond donors (Lipinski definition) is 3. The van der Waals surface area contributed by atoms with Crippen molar-refractivity contribution in [3.8, 4) is 6.01 Å². The second kappa shape index (κ2) is 7.00.